The molecule has 0 unspecified atom stereocenters. The zero-order valence-electron chi connectivity index (χ0n) is 18.5. The monoisotopic (exact) mass is 457 g/mol. The lowest BCUT2D eigenvalue weighted by atomic mass is 9.81. The summed E-state index contributed by atoms with van der Waals surface area (Å²) >= 11 is 0. The quantitative estimate of drug-likeness (QED) is 0.563. The van der Waals surface area contributed by atoms with E-state index in [0.717, 1.165) is 31.2 Å². The molecule has 7 nitrogen and oxygen atoms in total. The molecule has 32 heavy (non-hydrogen) atoms. The third kappa shape index (κ3) is 6.64. The fraction of sp³-hybridized carbons (Fsp3) is 0.417. The maximum atomic E-state index is 12.6. The van der Waals surface area contributed by atoms with Crippen LogP contribution in [0.1, 0.15) is 51.1 Å². The summed E-state index contributed by atoms with van der Waals surface area (Å²) in [5, 5.41) is 5.71. The summed E-state index contributed by atoms with van der Waals surface area (Å²) in [5.74, 6) is 0.0338. The minimum Gasteiger partial charge on any atom is -0.349 e. The average Bonchev–Trinajstić information content (AvgIpc) is 2.78. The van der Waals surface area contributed by atoms with Crippen molar-refractivity contribution in [1.29, 1.82) is 0 Å². The highest BCUT2D eigenvalue weighted by atomic mass is 32.2. The van der Waals surface area contributed by atoms with E-state index in [0.29, 0.717) is 12.2 Å². The highest BCUT2D eigenvalue weighted by Crippen LogP contribution is 2.29. The van der Waals surface area contributed by atoms with Crippen LogP contribution in [-0.2, 0) is 19.6 Å². The molecule has 1 atom stereocenters. The maximum absolute atomic E-state index is 12.6. The van der Waals surface area contributed by atoms with Gasteiger partial charge in [-0.3, -0.25) is 9.59 Å². The predicted molar refractivity (Wildman–Crippen MR) is 124 cm³/mol. The van der Waals surface area contributed by atoms with E-state index in [1.165, 1.54) is 19.1 Å². The number of benzene rings is 2. The van der Waals surface area contributed by atoms with Crippen molar-refractivity contribution in [3.8, 4) is 0 Å². The second-order valence-electron chi connectivity index (χ2n) is 8.42. The standard InChI is InChI=1S/C24H31N3O4S/c1-17(20-6-4-3-5-7-20)26-24(29)21-10-8-19(9-11-21)16-25-32(30,31)23-14-12-22(13-15-23)27-18(2)28/h3-7,12-15,17,19,21,25H,8-11,16H2,1-2H3,(H,26,29)(H,27,28)/t17-,19?,21?/m0/s1. The largest absolute Gasteiger partial charge is 0.349 e. The van der Waals surface area contributed by atoms with E-state index in [1.807, 2.05) is 37.3 Å². The first-order valence-electron chi connectivity index (χ1n) is 11.0. The third-order valence-electron chi connectivity index (χ3n) is 5.92. The minimum absolute atomic E-state index is 0.0321. The van der Waals surface area contributed by atoms with E-state index in [4.69, 9.17) is 0 Å². The second kappa shape index (κ2) is 10.7. The Morgan fingerprint density at radius 3 is 2.19 bits per heavy atom. The van der Waals surface area contributed by atoms with Crippen LogP contribution in [0.4, 0.5) is 5.69 Å². The van der Waals surface area contributed by atoms with E-state index in [2.05, 4.69) is 15.4 Å². The molecule has 0 aliphatic heterocycles. The number of carbonyl (C=O) groups excluding carboxylic acids is 2. The van der Waals surface area contributed by atoms with Crippen LogP contribution < -0.4 is 15.4 Å². The van der Waals surface area contributed by atoms with Gasteiger partial charge in [0.2, 0.25) is 21.8 Å². The number of nitrogens with one attached hydrogen (secondary N) is 3. The van der Waals surface area contributed by atoms with Crippen LogP contribution >= 0.6 is 0 Å². The normalized spacial score (nSPS) is 19.7. The lowest BCUT2D eigenvalue weighted by Gasteiger charge is -2.29. The molecular formula is C24H31N3O4S. The molecule has 3 N–H and O–H groups in total. The molecule has 2 amide bonds. The number of sulfonamides is 1. The van der Waals surface area contributed by atoms with E-state index >= 15 is 0 Å². The number of hydrogen-bond acceptors (Lipinski definition) is 4. The van der Waals surface area contributed by atoms with E-state index in [9.17, 15) is 18.0 Å². The van der Waals surface area contributed by atoms with Gasteiger partial charge in [0.25, 0.3) is 0 Å². The molecule has 1 aliphatic rings. The van der Waals surface area contributed by atoms with Crippen LogP contribution in [0.5, 0.6) is 0 Å². The van der Waals surface area contributed by atoms with Crippen molar-refractivity contribution in [3.05, 3.63) is 60.2 Å². The third-order valence-corrected chi connectivity index (χ3v) is 7.36. The highest BCUT2D eigenvalue weighted by Gasteiger charge is 2.28. The first-order chi connectivity index (χ1) is 15.2. The van der Waals surface area contributed by atoms with Gasteiger partial charge in [-0.2, -0.15) is 0 Å². The summed E-state index contributed by atoms with van der Waals surface area (Å²) in [6.07, 6.45) is 3.12. The SMILES string of the molecule is CC(=O)Nc1ccc(S(=O)(=O)NCC2CCC(C(=O)N[C@@H](C)c3ccccc3)CC2)cc1. The van der Waals surface area contributed by atoms with Crippen LogP contribution in [0.25, 0.3) is 0 Å². The van der Waals surface area contributed by atoms with Crippen LogP contribution in [0.3, 0.4) is 0 Å². The van der Waals surface area contributed by atoms with Gasteiger partial charge in [0.05, 0.1) is 10.9 Å². The first-order valence-corrected chi connectivity index (χ1v) is 12.5. The van der Waals surface area contributed by atoms with Crippen LogP contribution in [-0.4, -0.2) is 26.8 Å². The van der Waals surface area contributed by atoms with Crippen molar-refractivity contribution < 1.29 is 18.0 Å². The first kappa shape index (κ1) is 23.9. The molecule has 8 heteroatoms. The van der Waals surface area contributed by atoms with Crippen molar-refractivity contribution in [1.82, 2.24) is 10.0 Å². The van der Waals surface area contributed by atoms with Crippen LogP contribution in [0.2, 0.25) is 0 Å². The fourth-order valence-electron chi connectivity index (χ4n) is 4.02. The molecule has 3 rings (SSSR count). The summed E-state index contributed by atoms with van der Waals surface area (Å²) in [7, 11) is -3.62. The summed E-state index contributed by atoms with van der Waals surface area (Å²) in [4.78, 5) is 23.9. The van der Waals surface area contributed by atoms with Gasteiger partial charge >= 0.3 is 0 Å². The van der Waals surface area contributed by atoms with E-state index in [1.54, 1.807) is 12.1 Å². The zero-order valence-corrected chi connectivity index (χ0v) is 19.3. The lowest BCUT2D eigenvalue weighted by Crippen LogP contribution is -2.37. The number of carbonyl (C=O) groups is 2. The fourth-order valence-corrected chi connectivity index (χ4v) is 5.13. The Morgan fingerprint density at radius 1 is 0.969 bits per heavy atom. The molecule has 172 valence electrons. The topological polar surface area (TPSA) is 104 Å². The van der Waals surface area contributed by atoms with Crippen molar-refractivity contribution in [3.63, 3.8) is 0 Å². The summed E-state index contributed by atoms with van der Waals surface area (Å²) < 4.78 is 27.8. The molecule has 0 spiro atoms. The van der Waals surface area contributed by atoms with Gasteiger partial charge in [-0.25, -0.2) is 13.1 Å². The smallest absolute Gasteiger partial charge is 0.240 e. The molecule has 0 heterocycles. The molecule has 1 fully saturated rings. The Morgan fingerprint density at radius 2 is 1.59 bits per heavy atom. The van der Waals surface area contributed by atoms with Crippen LogP contribution in [0, 0.1) is 11.8 Å². The maximum Gasteiger partial charge on any atom is 0.240 e. The molecule has 0 bridgehead atoms. The van der Waals surface area contributed by atoms with Gasteiger partial charge in [0.1, 0.15) is 0 Å². The van der Waals surface area contributed by atoms with Gasteiger partial charge in [-0.15, -0.1) is 0 Å². The number of hydrogen-bond donors (Lipinski definition) is 3. The van der Waals surface area contributed by atoms with Crippen molar-refractivity contribution in [2.24, 2.45) is 11.8 Å². The van der Waals surface area contributed by atoms with Crippen molar-refractivity contribution in [2.75, 3.05) is 11.9 Å². The number of anilines is 1. The minimum atomic E-state index is -3.62. The Bertz CT molecular complexity index is 1010. The Labute approximate surface area is 190 Å². The highest BCUT2D eigenvalue weighted by molar-refractivity contribution is 7.89. The van der Waals surface area contributed by atoms with Gasteiger partial charge in [0, 0.05) is 25.1 Å². The second-order valence-corrected chi connectivity index (χ2v) is 10.2. The predicted octanol–water partition coefficient (Wildman–Crippen LogP) is 3.61. The Balaban J connectivity index is 1.45. The number of rotatable bonds is 8. The van der Waals surface area contributed by atoms with Crippen molar-refractivity contribution >= 4 is 27.5 Å². The molecule has 1 aliphatic carbocycles. The summed E-state index contributed by atoms with van der Waals surface area (Å²) in [6, 6.07) is 15.9. The number of amides is 2. The molecular weight excluding hydrogens is 426 g/mol. The average molecular weight is 458 g/mol. The van der Waals surface area contributed by atoms with Gasteiger partial charge < -0.3 is 10.6 Å². The molecule has 2 aromatic carbocycles. The molecule has 0 saturated heterocycles. The molecule has 0 aromatic heterocycles. The van der Waals surface area contributed by atoms with Gasteiger partial charge in [-0.1, -0.05) is 30.3 Å². The summed E-state index contributed by atoms with van der Waals surface area (Å²) in [5.41, 5.74) is 1.63. The summed E-state index contributed by atoms with van der Waals surface area (Å²) in [6.45, 7) is 3.73. The van der Waals surface area contributed by atoms with Crippen LogP contribution in [0.15, 0.2) is 59.5 Å². The van der Waals surface area contributed by atoms with E-state index in [-0.39, 0.29) is 34.6 Å². The molecule has 0 radical (unpaired) electrons. The Hall–Kier alpha value is -2.71. The molecule has 2 aromatic rings. The van der Waals surface area contributed by atoms with Crippen molar-refractivity contribution in [2.45, 2.75) is 50.5 Å². The van der Waals surface area contributed by atoms with Gasteiger partial charge in [-0.05, 0) is 68.4 Å². The molecule has 1 saturated carbocycles. The van der Waals surface area contributed by atoms with Gasteiger partial charge in [0.15, 0.2) is 0 Å². The lowest BCUT2D eigenvalue weighted by molar-refractivity contribution is -0.126. The van der Waals surface area contributed by atoms with E-state index < -0.39 is 10.0 Å². The Kier molecular flexibility index (Phi) is 8.04. The zero-order chi connectivity index (χ0) is 23.1.